The molecule has 0 bridgehead atoms. The Labute approximate surface area is 71.8 Å². The maximum Gasteiger partial charge on any atom is 0.338 e. The van der Waals surface area contributed by atoms with E-state index in [9.17, 15) is 4.79 Å². The second-order valence-corrected chi connectivity index (χ2v) is 3.60. The van der Waals surface area contributed by atoms with Crippen LogP contribution >= 0.6 is 0 Å². The van der Waals surface area contributed by atoms with E-state index in [2.05, 4.69) is 4.74 Å². The van der Waals surface area contributed by atoms with Crippen molar-refractivity contribution in [1.82, 2.24) is 0 Å². The fourth-order valence-corrected chi connectivity index (χ4v) is 0.790. The molecule has 0 aromatic heterocycles. The summed E-state index contributed by atoms with van der Waals surface area (Å²) in [7, 11) is 5.57. The molecule has 0 radical (unpaired) electrons. The Kier molecular flexibility index (Phi) is 4.16. The third-order valence-electron chi connectivity index (χ3n) is 1.26. The zero-order valence-corrected chi connectivity index (χ0v) is 7.65. The molecule has 0 saturated carbocycles. The molecule has 0 fully saturated rings. The van der Waals surface area contributed by atoms with E-state index in [-0.39, 0.29) is 0 Å². The van der Waals surface area contributed by atoms with Gasteiger partial charge in [0.15, 0.2) is 0 Å². The van der Waals surface area contributed by atoms with E-state index < -0.39 is 18.9 Å². The van der Waals surface area contributed by atoms with Crippen LogP contribution in [0.15, 0.2) is 0 Å². The lowest BCUT2D eigenvalue weighted by atomic mass is 10.3. The highest BCUT2D eigenvalue weighted by molar-refractivity contribution is 5.72. The number of hydrogen-bond acceptors (Lipinski definition) is 3. The first kappa shape index (κ1) is 11.4. The summed E-state index contributed by atoms with van der Waals surface area (Å²) in [6, 6.07) is 0. The number of aliphatic hydroxyl groups excluding tert-OH is 1. The van der Waals surface area contributed by atoms with Crippen LogP contribution in [0.5, 0.6) is 0 Å². The molecule has 1 atom stereocenters. The van der Waals surface area contributed by atoms with Crippen molar-refractivity contribution >= 4 is 5.97 Å². The molecular weight excluding hydrogens is 162 g/mol. The largest absolute Gasteiger partial charge is 0.479 e. The molecule has 0 aliphatic rings. The van der Waals surface area contributed by atoms with Crippen LogP contribution < -0.4 is 0 Å². The van der Waals surface area contributed by atoms with Gasteiger partial charge in [-0.25, -0.2) is 4.79 Å². The average Bonchev–Trinajstić information content (AvgIpc) is 1.83. The zero-order chi connectivity index (χ0) is 9.78. The maximum absolute atomic E-state index is 10.5. The van der Waals surface area contributed by atoms with Crippen LogP contribution in [-0.2, 0) is 9.53 Å². The van der Waals surface area contributed by atoms with E-state index in [0.717, 1.165) is 0 Å². The maximum atomic E-state index is 10.5. The Morgan fingerprint density at radius 1 is 1.50 bits per heavy atom. The van der Waals surface area contributed by atoms with Gasteiger partial charge in [0, 0.05) is 0 Å². The number of ether oxygens (including phenoxy) is 1. The van der Waals surface area contributed by atoms with Gasteiger partial charge in [-0.2, -0.15) is 0 Å². The molecule has 12 heavy (non-hydrogen) atoms. The van der Waals surface area contributed by atoms with Gasteiger partial charge in [0.25, 0.3) is 0 Å². The first-order valence-electron chi connectivity index (χ1n) is 3.62. The molecule has 1 unspecified atom stereocenters. The topological polar surface area (TPSA) is 66.8 Å². The number of aliphatic hydroxyl groups is 1. The van der Waals surface area contributed by atoms with Crippen molar-refractivity contribution in [3.63, 3.8) is 0 Å². The average molecular weight is 178 g/mol. The summed E-state index contributed by atoms with van der Waals surface area (Å²) in [5.74, 6) is -1.04. The second kappa shape index (κ2) is 4.39. The van der Waals surface area contributed by atoms with Crippen molar-refractivity contribution in [2.45, 2.75) is 6.10 Å². The zero-order valence-electron chi connectivity index (χ0n) is 7.65. The van der Waals surface area contributed by atoms with E-state index in [4.69, 9.17) is 10.2 Å². The Bertz CT molecular complexity index is 152. The SMILES string of the molecule is C[N+](C)(C)CC(OCO)C(=O)O. The molecule has 5 heteroatoms. The molecule has 2 N–H and O–H groups in total. The molecule has 0 amide bonds. The summed E-state index contributed by atoms with van der Waals surface area (Å²) in [5.41, 5.74) is 0. The highest BCUT2D eigenvalue weighted by atomic mass is 16.6. The van der Waals surface area contributed by atoms with Gasteiger partial charge in [-0.15, -0.1) is 0 Å². The number of likely N-dealkylation sites (N-methyl/N-ethyl adjacent to an activating group) is 1. The third kappa shape index (κ3) is 5.06. The van der Waals surface area contributed by atoms with Crippen LogP contribution in [0.25, 0.3) is 0 Å². The molecule has 0 rings (SSSR count). The van der Waals surface area contributed by atoms with Crippen molar-refractivity contribution in [2.75, 3.05) is 34.5 Å². The predicted molar refractivity (Wildman–Crippen MR) is 42.5 cm³/mol. The van der Waals surface area contributed by atoms with Gasteiger partial charge < -0.3 is 19.4 Å². The number of carboxylic acids is 1. The Balaban J connectivity index is 4.05. The van der Waals surface area contributed by atoms with Crippen LogP contribution in [0.4, 0.5) is 0 Å². The minimum atomic E-state index is -1.04. The number of rotatable bonds is 5. The molecule has 0 aromatic carbocycles. The lowest BCUT2D eigenvalue weighted by molar-refractivity contribution is -0.872. The van der Waals surface area contributed by atoms with E-state index in [0.29, 0.717) is 11.0 Å². The van der Waals surface area contributed by atoms with Gasteiger partial charge in [-0.05, 0) is 0 Å². The van der Waals surface area contributed by atoms with Gasteiger partial charge in [0.1, 0.15) is 13.3 Å². The fraction of sp³-hybridized carbons (Fsp3) is 0.857. The van der Waals surface area contributed by atoms with Gasteiger partial charge in [-0.3, -0.25) is 0 Å². The summed E-state index contributed by atoms with van der Waals surface area (Å²) in [5, 5.41) is 17.0. The minimum absolute atomic E-state index is 0.329. The van der Waals surface area contributed by atoms with Crippen molar-refractivity contribution in [3.8, 4) is 0 Å². The first-order valence-corrected chi connectivity index (χ1v) is 3.62. The van der Waals surface area contributed by atoms with Gasteiger partial charge in [-0.1, -0.05) is 0 Å². The number of aliphatic carboxylic acids is 1. The summed E-state index contributed by atoms with van der Waals surface area (Å²) in [4.78, 5) is 10.5. The van der Waals surface area contributed by atoms with E-state index in [1.54, 1.807) is 0 Å². The molecule has 5 nitrogen and oxygen atoms in total. The van der Waals surface area contributed by atoms with Gasteiger partial charge in [0.05, 0.1) is 21.1 Å². The molecule has 0 heterocycles. The highest BCUT2D eigenvalue weighted by Crippen LogP contribution is 1.99. The summed E-state index contributed by atoms with van der Waals surface area (Å²) < 4.78 is 5.10. The number of nitrogens with zero attached hydrogens (tertiary/aromatic N) is 1. The fourth-order valence-electron chi connectivity index (χ4n) is 0.790. The van der Waals surface area contributed by atoms with Crippen molar-refractivity contribution < 1.29 is 24.2 Å². The minimum Gasteiger partial charge on any atom is -0.479 e. The summed E-state index contributed by atoms with van der Waals surface area (Å²) in [6.07, 6.45) is -0.935. The number of quaternary nitrogens is 1. The van der Waals surface area contributed by atoms with E-state index in [1.807, 2.05) is 21.1 Å². The molecule has 0 aliphatic carbocycles. The Morgan fingerprint density at radius 3 is 2.25 bits per heavy atom. The van der Waals surface area contributed by atoms with Crippen molar-refractivity contribution in [2.24, 2.45) is 0 Å². The monoisotopic (exact) mass is 178 g/mol. The smallest absolute Gasteiger partial charge is 0.338 e. The van der Waals surface area contributed by atoms with Gasteiger partial charge in [0.2, 0.25) is 6.10 Å². The van der Waals surface area contributed by atoms with Gasteiger partial charge >= 0.3 is 5.97 Å². The normalized spacial score (nSPS) is 14.3. The lowest BCUT2D eigenvalue weighted by Gasteiger charge is -2.26. The number of hydrogen-bond donors (Lipinski definition) is 2. The first-order chi connectivity index (χ1) is 5.37. The van der Waals surface area contributed by atoms with Crippen LogP contribution in [0, 0.1) is 0 Å². The highest BCUT2D eigenvalue weighted by Gasteiger charge is 2.25. The number of carbonyl (C=O) groups is 1. The van der Waals surface area contributed by atoms with E-state index in [1.165, 1.54) is 0 Å². The van der Waals surface area contributed by atoms with Crippen LogP contribution in [0.3, 0.4) is 0 Å². The molecule has 72 valence electrons. The molecule has 0 saturated heterocycles. The van der Waals surface area contributed by atoms with Crippen LogP contribution in [0.1, 0.15) is 0 Å². The van der Waals surface area contributed by atoms with Crippen molar-refractivity contribution in [3.05, 3.63) is 0 Å². The van der Waals surface area contributed by atoms with E-state index >= 15 is 0 Å². The van der Waals surface area contributed by atoms with Crippen molar-refractivity contribution in [1.29, 1.82) is 0 Å². The third-order valence-corrected chi connectivity index (χ3v) is 1.26. The lowest BCUT2D eigenvalue weighted by Crippen LogP contribution is -2.45. The number of carboxylic acid groups (broad SMARTS) is 1. The summed E-state index contributed by atoms with van der Waals surface area (Å²) >= 11 is 0. The second-order valence-electron chi connectivity index (χ2n) is 3.60. The predicted octanol–water partition coefficient (Wildman–Crippen LogP) is -0.888. The molecule has 0 aliphatic heterocycles. The van der Waals surface area contributed by atoms with Crippen LogP contribution in [0.2, 0.25) is 0 Å². The molecule has 0 spiro atoms. The Morgan fingerprint density at radius 2 is 2.00 bits per heavy atom. The molecular formula is C7H16NO4+. The summed E-state index contributed by atoms with van der Waals surface area (Å²) in [6.45, 7) is -0.229. The quantitative estimate of drug-likeness (QED) is 0.423. The molecule has 0 aromatic rings. The Hall–Kier alpha value is -0.650. The van der Waals surface area contributed by atoms with Crippen LogP contribution in [-0.4, -0.2) is 61.3 Å². The standard InChI is InChI=1S/C7H15NO4/c1-8(2,3)4-6(7(10)11)12-5-9/h6,9H,4-5H2,1-3H3/p+1.